The molecule has 0 aromatic heterocycles. The Balaban J connectivity index is 3.92. The van der Waals surface area contributed by atoms with Gasteiger partial charge in [-0.05, 0) is 20.3 Å². The Morgan fingerprint density at radius 3 is 2.50 bits per heavy atom. The summed E-state index contributed by atoms with van der Waals surface area (Å²) < 4.78 is 5.19. The second-order valence-electron chi connectivity index (χ2n) is 3.13. The van der Waals surface area contributed by atoms with Gasteiger partial charge in [0.15, 0.2) is 0 Å². The molecule has 84 valence electrons. The van der Waals surface area contributed by atoms with Crippen LogP contribution in [0, 0.1) is 0 Å². The molecule has 1 atom stereocenters. The second kappa shape index (κ2) is 7.76. The van der Waals surface area contributed by atoms with E-state index in [-0.39, 0.29) is 11.9 Å². The van der Waals surface area contributed by atoms with E-state index in [1.165, 1.54) is 0 Å². The van der Waals surface area contributed by atoms with Crippen LogP contribution in [0.2, 0.25) is 0 Å². The van der Waals surface area contributed by atoms with Crippen molar-refractivity contribution in [3.05, 3.63) is 0 Å². The molecular formula is C10H22N2O2. The van der Waals surface area contributed by atoms with Crippen molar-refractivity contribution in [1.29, 1.82) is 0 Å². The van der Waals surface area contributed by atoms with Crippen molar-refractivity contribution in [1.82, 2.24) is 4.90 Å². The number of likely N-dealkylation sites (N-methyl/N-ethyl adjacent to an activating group) is 1. The maximum absolute atomic E-state index is 11.6. The van der Waals surface area contributed by atoms with Gasteiger partial charge in [-0.25, -0.2) is 0 Å². The Labute approximate surface area is 86.4 Å². The SMILES string of the molecule is CCOCCN(CC)C(=O)C(N)CC. The van der Waals surface area contributed by atoms with Crippen molar-refractivity contribution < 1.29 is 9.53 Å². The molecule has 0 saturated carbocycles. The molecule has 1 unspecified atom stereocenters. The number of amides is 1. The molecule has 0 aliphatic heterocycles. The maximum atomic E-state index is 11.6. The van der Waals surface area contributed by atoms with Crippen LogP contribution < -0.4 is 5.73 Å². The van der Waals surface area contributed by atoms with E-state index in [2.05, 4.69) is 0 Å². The number of carbonyl (C=O) groups is 1. The van der Waals surface area contributed by atoms with Gasteiger partial charge in [0.25, 0.3) is 0 Å². The first-order valence-electron chi connectivity index (χ1n) is 5.29. The van der Waals surface area contributed by atoms with Crippen LogP contribution in [0.15, 0.2) is 0 Å². The fourth-order valence-corrected chi connectivity index (χ4v) is 1.15. The first-order chi connectivity index (χ1) is 6.67. The molecule has 0 aliphatic carbocycles. The molecule has 4 heteroatoms. The average Bonchev–Trinajstić information content (AvgIpc) is 2.22. The summed E-state index contributed by atoms with van der Waals surface area (Å²) >= 11 is 0. The van der Waals surface area contributed by atoms with Crippen molar-refractivity contribution in [2.45, 2.75) is 33.2 Å². The minimum absolute atomic E-state index is 0.0229. The Hall–Kier alpha value is -0.610. The largest absolute Gasteiger partial charge is 0.380 e. The highest BCUT2D eigenvalue weighted by atomic mass is 16.5. The third kappa shape index (κ3) is 4.58. The summed E-state index contributed by atoms with van der Waals surface area (Å²) in [7, 11) is 0. The summed E-state index contributed by atoms with van der Waals surface area (Å²) in [5.41, 5.74) is 5.67. The fourth-order valence-electron chi connectivity index (χ4n) is 1.15. The molecule has 4 nitrogen and oxygen atoms in total. The van der Waals surface area contributed by atoms with Crippen LogP contribution in [0.3, 0.4) is 0 Å². The molecule has 0 fully saturated rings. The number of nitrogens with zero attached hydrogens (tertiary/aromatic N) is 1. The van der Waals surface area contributed by atoms with Gasteiger partial charge in [-0.2, -0.15) is 0 Å². The van der Waals surface area contributed by atoms with Gasteiger partial charge in [0.1, 0.15) is 0 Å². The van der Waals surface area contributed by atoms with Gasteiger partial charge in [0.05, 0.1) is 12.6 Å². The zero-order valence-corrected chi connectivity index (χ0v) is 9.45. The quantitative estimate of drug-likeness (QED) is 0.615. The monoisotopic (exact) mass is 202 g/mol. The topological polar surface area (TPSA) is 55.6 Å². The lowest BCUT2D eigenvalue weighted by Gasteiger charge is -2.23. The lowest BCUT2D eigenvalue weighted by Crippen LogP contribution is -2.44. The van der Waals surface area contributed by atoms with E-state index >= 15 is 0 Å². The summed E-state index contributed by atoms with van der Waals surface area (Å²) in [6.07, 6.45) is 0.684. The number of ether oxygens (including phenoxy) is 1. The van der Waals surface area contributed by atoms with E-state index < -0.39 is 0 Å². The maximum Gasteiger partial charge on any atom is 0.239 e. The van der Waals surface area contributed by atoms with Gasteiger partial charge in [-0.15, -0.1) is 0 Å². The molecular weight excluding hydrogens is 180 g/mol. The molecule has 0 spiro atoms. The minimum Gasteiger partial charge on any atom is -0.380 e. The zero-order chi connectivity index (χ0) is 11.0. The zero-order valence-electron chi connectivity index (χ0n) is 9.45. The predicted octanol–water partition coefficient (Wildman–Crippen LogP) is 0.609. The van der Waals surface area contributed by atoms with Gasteiger partial charge in [0, 0.05) is 19.7 Å². The number of hydrogen-bond acceptors (Lipinski definition) is 3. The van der Waals surface area contributed by atoms with Crippen molar-refractivity contribution in [2.75, 3.05) is 26.3 Å². The summed E-state index contributed by atoms with van der Waals surface area (Å²) in [4.78, 5) is 13.4. The van der Waals surface area contributed by atoms with Crippen molar-refractivity contribution in [3.8, 4) is 0 Å². The molecule has 0 bridgehead atoms. The Bertz CT molecular complexity index is 162. The molecule has 0 aliphatic rings. The first kappa shape index (κ1) is 13.4. The second-order valence-corrected chi connectivity index (χ2v) is 3.13. The summed E-state index contributed by atoms with van der Waals surface area (Å²) in [5, 5.41) is 0. The van der Waals surface area contributed by atoms with Crippen LogP contribution in [0.25, 0.3) is 0 Å². The molecule has 0 saturated heterocycles. The van der Waals surface area contributed by atoms with E-state index in [9.17, 15) is 4.79 Å². The Morgan fingerprint density at radius 2 is 2.07 bits per heavy atom. The summed E-state index contributed by atoms with van der Waals surface area (Å²) in [6.45, 7) is 8.41. The van der Waals surface area contributed by atoms with Crippen LogP contribution in [-0.2, 0) is 9.53 Å². The van der Waals surface area contributed by atoms with Crippen LogP contribution in [0.1, 0.15) is 27.2 Å². The summed E-state index contributed by atoms with van der Waals surface area (Å²) in [5.74, 6) is 0.0229. The molecule has 0 rings (SSSR count). The predicted molar refractivity (Wildman–Crippen MR) is 57.0 cm³/mol. The number of hydrogen-bond donors (Lipinski definition) is 1. The van der Waals surface area contributed by atoms with Gasteiger partial charge >= 0.3 is 0 Å². The summed E-state index contributed by atoms with van der Waals surface area (Å²) in [6, 6.07) is -0.364. The van der Waals surface area contributed by atoms with Gasteiger partial charge < -0.3 is 15.4 Å². The van der Waals surface area contributed by atoms with E-state index in [0.29, 0.717) is 32.7 Å². The molecule has 0 radical (unpaired) electrons. The van der Waals surface area contributed by atoms with Gasteiger partial charge in [0.2, 0.25) is 5.91 Å². The lowest BCUT2D eigenvalue weighted by molar-refractivity contribution is -0.133. The van der Waals surface area contributed by atoms with Crippen LogP contribution in [0.5, 0.6) is 0 Å². The Morgan fingerprint density at radius 1 is 1.43 bits per heavy atom. The van der Waals surface area contributed by atoms with Crippen LogP contribution in [-0.4, -0.2) is 43.2 Å². The molecule has 1 amide bonds. The van der Waals surface area contributed by atoms with E-state index in [4.69, 9.17) is 10.5 Å². The van der Waals surface area contributed by atoms with Crippen LogP contribution >= 0.6 is 0 Å². The van der Waals surface area contributed by atoms with E-state index in [1.54, 1.807) is 4.90 Å². The van der Waals surface area contributed by atoms with Crippen molar-refractivity contribution >= 4 is 5.91 Å². The van der Waals surface area contributed by atoms with Crippen molar-refractivity contribution in [3.63, 3.8) is 0 Å². The fraction of sp³-hybridized carbons (Fsp3) is 0.900. The number of rotatable bonds is 7. The third-order valence-corrected chi connectivity index (χ3v) is 2.16. The third-order valence-electron chi connectivity index (χ3n) is 2.16. The van der Waals surface area contributed by atoms with Gasteiger partial charge in [-0.1, -0.05) is 6.92 Å². The molecule has 0 aromatic rings. The van der Waals surface area contributed by atoms with Crippen LogP contribution in [0.4, 0.5) is 0 Å². The van der Waals surface area contributed by atoms with Gasteiger partial charge in [-0.3, -0.25) is 4.79 Å². The lowest BCUT2D eigenvalue weighted by atomic mass is 10.2. The first-order valence-corrected chi connectivity index (χ1v) is 5.29. The van der Waals surface area contributed by atoms with E-state index in [0.717, 1.165) is 0 Å². The number of carbonyl (C=O) groups excluding carboxylic acids is 1. The smallest absolute Gasteiger partial charge is 0.239 e. The number of nitrogens with two attached hydrogens (primary N) is 1. The average molecular weight is 202 g/mol. The molecule has 0 heterocycles. The molecule has 0 aromatic carbocycles. The highest BCUT2D eigenvalue weighted by Crippen LogP contribution is 1.96. The molecule has 14 heavy (non-hydrogen) atoms. The highest BCUT2D eigenvalue weighted by molar-refractivity contribution is 5.81. The standard InChI is InChI=1S/C10H22N2O2/c1-4-9(11)10(13)12(5-2)7-8-14-6-3/h9H,4-8,11H2,1-3H3. The Kier molecular flexibility index (Phi) is 7.42. The normalized spacial score (nSPS) is 12.6. The van der Waals surface area contributed by atoms with E-state index in [1.807, 2.05) is 20.8 Å². The molecule has 2 N–H and O–H groups in total. The van der Waals surface area contributed by atoms with Crippen molar-refractivity contribution in [2.24, 2.45) is 5.73 Å². The minimum atomic E-state index is -0.364. The highest BCUT2D eigenvalue weighted by Gasteiger charge is 2.17.